The fraction of sp³-hybridized carbons (Fsp3) is 0. The molecule has 0 saturated carbocycles. The molecule has 4 heterocycles. The molecule has 0 aliphatic carbocycles. The topological polar surface area (TPSA) is 0 Å². The van der Waals surface area contributed by atoms with Gasteiger partial charge < -0.3 is 0 Å². The summed E-state index contributed by atoms with van der Waals surface area (Å²) < 4.78 is 2.84. The summed E-state index contributed by atoms with van der Waals surface area (Å²) in [5.41, 5.74) is 0. The van der Waals surface area contributed by atoms with Crippen LogP contribution in [0.15, 0.2) is 54.3 Å². The van der Waals surface area contributed by atoms with Crippen LogP contribution in [0.5, 0.6) is 0 Å². The molecule has 2 aliphatic rings. The molecule has 4 rings (SSSR count). The van der Waals surface area contributed by atoms with Crippen LogP contribution in [0.4, 0.5) is 0 Å². The molecule has 0 nitrogen and oxygen atoms in total. The third-order valence-electron chi connectivity index (χ3n) is 2.65. The van der Waals surface area contributed by atoms with Crippen molar-refractivity contribution < 1.29 is 0 Å². The minimum Gasteiger partial charge on any atom is -0.143 e. The van der Waals surface area contributed by atoms with Gasteiger partial charge in [0, 0.05) is 19.6 Å². The summed E-state index contributed by atoms with van der Waals surface area (Å²) in [7, 11) is 0. The summed E-state index contributed by atoms with van der Waals surface area (Å²) in [5.74, 6) is 0. The van der Waals surface area contributed by atoms with Gasteiger partial charge in [0.15, 0.2) is 0 Å². The molecule has 2 aromatic heterocycles. The molecule has 0 fully saturated rings. The Hall–Kier alpha value is 0.0200. The van der Waals surface area contributed by atoms with Crippen molar-refractivity contribution in [2.24, 2.45) is 0 Å². The van der Waals surface area contributed by atoms with Crippen LogP contribution >= 0.6 is 69.7 Å². The van der Waals surface area contributed by atoms with E-state index in [9.17, 15) is 0 Å². The maximum Gasteiger partial charge on any atom is 0.0701 e. The van der Waals surface area contributed by atoms with Gasteiger partial charge in [-0.3, -0.25) is 0 Å². The van der Waals surface area contributed by atoms with E-state index in [-0.39, 0.29) is 0 Å². The van der Waals surface area contributed by atoms with Gasteiger partial charge in [-0.1, -0.05) is 59.2 Å². The minimum absolute atomic E-state index is 1.37. The lowest BCUT2D eigenvalue weighted by atomic mass is 10.5. The average molecular weight is 369 g/mol. The predicted molar refractivity (Wildman–Crippen MR) is 102 cm³/mol. The van der Waals surface area contributed by atoms with E-state index in [1.807, 2.05) is 69.7 Å². The molecular formula is C14H8S6. The van der Waals surface area contributed by atoms with Crippen LogP contribution in [0.1, 0.15) is 9.75 Å². The van der Waals surface area contributed by atoms with Crippen molar-refractivity contribution in [1.29, 1.82) is 0 Å². The Morgan fingerprint density at radius 3 is 1.55 bits per heavy atom. The molecular weight excluding hydrogens is 361 g/mol. The molecule has 0 saturated heterocycles. The Labute approximate surface area is 142 Å². The Morgan fingerprint density at radius 2 is 1.15 bits per heavy atom. The number of rotatable bonds is 2. The smallest absolute Gasteiger partial charge is 0.0701 e. The molecule has 100 valence electrons. The molecule has 2 aliphatic heterocycles. The number of hydrogen-bond donors (Lipinski definition) is 0. The van der Waals surface area contributed by atoms with Gasteiger partial charge in [0.25, 0.3) is 0 Å². The molecule has 0 aromatic carbocycles. The summed E-state index contributed by atoms with van der Waals surface area (Å²) >= 11 is 11.2. The normalized spacial score (nSPS) is 22.2. The van der Waals surface area contributed by atoms with Crippen LogP contribution in [0, 0.1) is 0 Å². The predicted octanol–water partition coefficient (Wildman–Crippen LogP) is 7.19. The van der Waals surface area contributed by atoms with Crippen LogP contribution < -0.4 is 0 Å². The summed E-state index contributed by atoms with van der Waals surface area (Å²) in [4.78, 5) is 5.52. The first-order valence-electron chi connectivity index (χ1n) is 5.81. The first kappa shape index (κ1) is 13.7. The van der Waals surface area contributed by atoms with E-state index >= 15 is 0 Å². The van der Waals surface area contributed by atoms with E-state index in [2.05, 4.69) is 45.8 Å². The quantitative estimate of drug-likeness (QED) is 0.549. The van der Waals surface area contributed by atoms with Crippen LogP contribution in [0.2, 0.25) is 0 Å². The molecule has 0 atom stereocenters. The summed E-state index contributed by atoms with van der Waals surface area (Å²) in [5, 5.41) is 8.84. The number of thiophene rings is 2. The van der Waals surface area contributed by atoms with E-state index in [0.717, 1.165) is 0 Å². The Balaban J connectivity index is 1.51. The van der Waals surface area contributed by atoms with Crippen molar-refractivity contribution in [1.82, 2.24) is 0 Å². The zero-order valence-electron chi connectivity index (χ0n) is 10.1. The van der Waals surface area contributed by atoms with Crippen molar-refractivity contribution in [3.05, 3.63) is 64.1 Å². The summed E-state index contributed by atoms with van der Waals surface area (Å²) in [6.45, 7) is 0. The van der Waals surface area contributed by atoms with Crippen molar-refractivity contribution in [3.8, 4) is 0 Å². The highest BCUT2D eigenvalue weighted by atomic mass is 32.2. The zero-order chi connectivity index (χ0) is 13.4. The second-order valence-electron chi connectivity index (χ2n) is 3.93. The number of thioether (sulfide) groups is 4. The summed E-state index contributed by atoms with van der Waals surface area (Å²) in [6.07, 6.45) is 0. The largest absolute Gasteiger partial charge is 0.143 e. The Kier molecular flexibility index (Phi) is 4.12. The lowest BCUT2D eigenvalue weighted by molar-refractivity contribution is 1.95. The SMILES string of the molecule is C1=C(c2cccs2)S/C(=C2\SC=C(c3cccs3)S2)S1. The molecule has 20 heavy (non-hydrogen) atoms. The third-order valence-corrected chi connectivity index (χ3v) is 10.0. The molecule has 0 spiro atoms. The maximum absolute atomic E-state index is 2.28. The van der Waals surface area contributed by atoms with Crippen molar-refractivity contribution in [2.75, 3.05) is 0 Å². The number of hydrogen-bond acceptors (Lipinski definition) is 6. The fourth-order valence-corrected chi connectivity index (χ4v) is 8.44. The van der Waals surface area contributed by atoms with Crippen molar-refractivity contribution >= 4 is 79.5 Å². The maximum atomic E-state index is 2.28. The Morgan fingerprint density at radius 1 is 0.650 bits per heavy atom. The van der Waals surface area contributed by atoms with Gasteiger partial charge >= 0.3 is 0 Å². The van der Waals surface area contributed by atoms with E-state index in [1.54, 1.807) is 0 Å². The van der Waals surface area contributed by atoms with Gasteiger partial charge in [0.05, 0.1) is 8.47 Å². The molecule has 0 bridgehead atoms. The van der Waals surface area contributed by atoms with Gasteiger partial charge in [-0.25, -0.2) is 0 Å². The third kappa shape index (κ3) is 2.69. The van der Waals surface area contributed by atoms with E-state index in [1.165, 1.54) is 28.0 Å². The molecule has 0 radical (unpaired) electrons. The van der Waals surface area contributed by atoms with Crippen LogP contribution in [0.3, 0.4) is 0 Å². The molecule has 0 N–H and O–H groups in total. The monoisotopic (exact) mass is 368 g/mol. The van der Waals surface area contributed by atoms with Gasteiger partial charge in [-0.05, 0) is 33.7 Å². The highest BCUT2D eigenvalue weighted by Gasteiger charge is 2.23. The highest BCUT2D eigenvalue weighted by Crippen LogP contribution is 2.59. The average Bonchev–Trinajstić information content (AvgIpc) is 3.22. The van der Waals surface area contributed by atoms with Gasteiger partial charge in [0.1, 0.15) is 0 Å². The van der Waals surface area contributed by atoms with Crippen molar-refractivity contribution in [3.63, 3.8) is 0 Å². The fourth-order valence-electron chi connectivity index (χ4n) is 1.74. The first-order chi connectivity index (χ1) is 9.90. The van der Waals surface area contributed by atoms with E-state index in [0.29, 0.717) is 0 Å². The Bertz CT molecular complexity index is 641. The first-order valence-corrected chi connectivity index (χ1v) is 11.0. The van der Waals surface area contributed by atoms with Crippen LogP contribution in [-0.4, -0.2) is 0 Å². The molecule has 6 heteroatoms. The lowest BCUT2D eigenvalue weighted by Gasteiger charge is -2.02. The second kappa shape index (κ2) is 6.02. The van der Waals surface area contributed by atoms with E-state index in [4.69, 9.17) is 0 Å². The van der Waals surface area contributed by atoms with Gasteiger partial charge in [-0.2, -0.15) is 0 Å². The minimum atomic E-state index is 1.37. The highest BCUT2D eigenvalue weighted by molar-refractivity contribution is 8.36. The molecule has 0 unspecified atom stereocenters. The second-order valence-corrected chi connectivity index (χ2v) is 10.2. The van der Waals surface area contributed by atoms with Gasteiger partial charge in [-0.15, -0.1) is 22.7 Å². The van der Waals surface area contributed by atoms with Gasteiger partial charge in [0.2, 0.25) is 0 Å². The zero-order valence-corrected chi connectivity index (χ0v) is 15.0. The standard InChI is InChI=1S/C14H8S6/c1-3-9(15-5-1)11-7-17-13(19-11)14-18-8-12(20-14)10-4-2-6-16-10/h1-8H/b14-13+. The van der Waals surface area contributed by atoms with Crippen LogP contribution in [0.25, 0.3) is 9.81 Å². The van der Waals surface area contributed by atoms with Crippen LogP contribution in [-0.2, 0) is 0 Å². The van der Waals surface area contributed by atoms with Crippen molar-refractivity contribution in [2.45, 2.75) is 0 Å². The molecule has 2 aromatic rings. The molecule has 0 amide bonds. The summed E-state index contributed by atoms with van der Waals surface area (Å²) in [6, 6.07) is 8.63. The van der Waals surface area contributed by atoms with E-state index < -0.39 is 0 Å². The lowest BCUT2D eigenvalue weighted by Crippen LogP contribution is -1.70.